The molecule has 140 valence electrons. The fourth-order valence-electron chi connectivity index (χ4n) is 3.27. The first-order valence-corrected chi connectivity index (χ1v) is 11.4. The minimum atomic E-state index is -3.21. The molecule has 1 amide bonds. The van der Waals surface area contributed by atoms with E-state index < -0.39 is 10.0 Å². The van der Waals surface area contributed by atoms with E-state index in [-0.39, 0.29) is 11.9 Å². The molecule has 0 bridgehead atoms. The van der Waals surface area contributed by atoms with E-state index in [1.165, 1.54) is 10.6 Å². The number of halogens is 1. The first-order valence-electron chi connectivity index (χ1n) is 8.43. The van der Waals surface area contributed by atoms with Crippen molar-refractivity contribution >= 4 is 38.5 Å². The second-order valence-electron chi connectivity index (χ2n) is 6.55. The summed E-state index contributed by atoms with van der Waals surface area (Å²) in [6, 6.07) is 11.7. The molecule has 0 atom stereocenters. The highest BCUT2D eigenvalue weighted by Crippen LogP contribution is 2.21. The van der Waals surface area contributed by atoms with Crippen molar-refractivity contribution in [3.8, 4) is 5.69 Å². The van der Waals surface area contributed by atoms with Crippen molar-refractivity contribution in [2.75, 3.05) is 26.4 Å². The molecule has 6 nitrogen and oxygen atoms in total. The number of carbonyl (C=O) groups is 1. The number of hydrogen-bond acceptors (Lipinski definition) is 3. The lowest BCUT2D eigenvalue weighted by atomic mass is 10.1. The van der Waals surface area contributed by atoms with Crippen LogP contribution in [0.1, 0.15) is 23.3 Å². The van der Waals surface area contributed by atoms with E-state index in [9.17, 15) is 13.2 Å². The Morgan fingerprint density at radius 3 is 2.50 bits per heavy atom. The van der Waals surface area contributed by atoms with Gasteiger partial charge in [-0.25, -0.2) is 12.7 Å². The second-order valence-corrected chi connectivity index (χ2v) is 9.83. The van der Waals surface area contributed by atoms with Crippen LogP contribution in [-0.4, -0.2) is 60.5 Å². The summed E-state index contributed by atoms with van der Waals surface area (Å²) in [7, 11) is -1.59. The first-order chi connectivity index (χ1) is 12.3. The molecule has 1 saturated heterocycles. The van der Waals surface area contributed by atoms with Crippen LogP contribution in [0.15, 0.2) is 42.6 Å². The molecule has 0 unspecified atom stereocenters. The summed E-state index contributed by atoms with van der Waals surface area (Å²) in [6.07, 6.45) is 4.42. The number of carbonyl (C=O) groups excluding carboxylic acids is 1. The van der Waals surface area contributed by atoms with Gasteiger partial charge in [0.1, 0.15) is 5.69 Å². The number of piperidine rings is 1. The summed E-state index contributed by atoms with van der Waals surface area (Å²) in [5.74, 6) is -0.0191. The maximum absolute atomic E-state index is 13.0. The maximum atomic E-state index is 13.0. The monoisotopic (exact) mass is 487 g/mol. The van der Waals surface area contributed by atoms with E-state index in [4.69, 9.17) is 0 Å². The van der Waals surface area contributed by atoms with Crippen molar-refractivity contribution in [3.05, 3.63) is 51.9 Å². The molecule has 1 aromatic heterocycles. The fourth-order valence-corrected chi connectivity index (χ4v) is 4.55. The number of sulfonamides is 1. The standard InChI is InChI=1S/C18H22IN3O3S/c1-20(26(2,24)25)15-8-11-21(12-9-15)18(23)17-7-4-10-22(17)16-6-3-5-14(19)13-16/h3-7,10,13,15H,8-9,11-12H2,1-2H3. The average Bonchev–Trinajstić information content (AvgIpc) is 3.09. The summed E-state index contributed by atoms with van der Waals surface area (Å²) in [5.41, 5.74) is 1.58. The van der Waals surface area contributed by atoms with Gasteiger partial charge in [0.05, 0.1) is 6.26 Å². The topological polar surface area (TPSA) is 62.6 Å². The molecule has 8 heteroatoms. The zero-order chi connectivity index (χ0) is 18.9. The van der Waals surface area contributed by atoms with Gasteiger partial charge in [0, 0.05) is 41.6 Å². The zero-order valence-electron chi connectivity index (χ0n) is 14.8. The van der Waals surface area contributed by atoms with Gasteiger partial charge in [0.2, 0.25) is 10.0 Å². The quantitative estimate of drug-likeness (QED) is 0.623. The van der Waals surface area contributed by atoms with Crippen LogP contribution in [-0.2, 0) is 10.0 Å². The molecular weight excluding hydrogens is 465 g/mol. The predicted molar refractivity (Wildman–Crippen MR) is 110 cm³/mol. The number of aromatic nitrogens is 1. The normalized spacial score (nSPS) is 16.2. The lowest BCUT2D eigenvalue weighted by molar-refractivity contribution is 0.0678. The molecule has 0 spiro atoms. The molecule has 2 aromatic rings. The van der Waals surface area contributed by atoms with Gasteiger partial charge in [0.25, 0.3) is 5.91 Å². The summed E-state index contributed by atoms with van der Waals surface area (Å²) >= 11 is 2.25. The summed E-state index contributed by atoms with van der Waals surface area (Å²) in [6.45, 7) is 1.11. The Morgan fingerprint density at radius 2 is 1.88 bits per heavy atom. The zero-order valence-corrected chi connectivity index (χ0v) is 17.8. The minimum Gasteiger partial charge on any atom is -0.337 e. The van der Waals surface area contributed by atoms with E-state index in [1.54, 1.807) is 7.05 Å². The van der Waals surface area contributed by atoms with Gasteiger partial charge in [-0.05, 0) is 65.8 Å². The summed E-state index contributed by atoms with van der Waals surface area (Å²) in [5, 5.41) is 0. The Kier molecular flexibility index (Phi) is 5.73. The van der Waals surface area contributed by atoms with Crippen LogP contribution in [0, 0.1) is 3.57 Å². The van der Waals surface area contributed by atoms with Crippen LogP contribution in [0.25, 0.3) is 5.69 Å². The molecule has 1 aliphatic heterocycles. The van der Waals surface area contributed by atoms with Gasteiger partial charge in [-0.3, -0.25) is 4.79 Å². The van der Waals surface area contributed by atoms with Crippen molar-refractivity contribution in [1.29, 1.82) is 0 Å². The van der Waals surface area contributed by atoms with Gasteiger partial charge < -0.3 is 9.47 Å². The number of hydrogen-bond donors (Lipinski definition) is 0. The van der Waals surface area contributed by atoms with E-state index in [1.807, 2.05) is 52.1 Å². The van der Waals surface area contributed by atoms with Gasteiger partial charge in [-0.15, -0.1) is 0 Å². The van der Waals surface area contributed by atoms with Gasteiger partial charge in [-0.2, -0.15) is 0 Å². The third-order valence-corrected chi connectivity index (χ3v) is 6.86. The largest absolute Gasteiger partial charge is 0.337 e. The van der Waals surface area contributed by atoms with E-state index in [0.29, 0.717) is 31.6 Å². The number of rotatable bonds is 4. The van der Waals surface area contributed by atoms with E-state index in [0.717, 1.165) is 9.26 Å². The highest BCUT2D eigenvalue weighted by Gasteiger charge is 2.30. The number of benzene rings is 1. The van der Waals surface area contributed by atoms with E-state index >= 15 is 0 Å². The molecule has 0 saturated carbocycles. The molecule has 26 heavy (non-hydrogen) atoms. The fraction of sp³-hybridized carbons (Fsp3) is 0.389. The third-order valence-electron chi connectivity index (χ3n) is 4.84. The van der Waals surface area contributed by atoms with Crippen LogP contribution < -0.4 is 0 Å². The molecule has 2 heterocycles. The highest BCUT2D eigenvalue weighted by molar-refractivity contribution is 14.1. The first kappa shape index (κ1) is 19.4. The predicted octanol–water partition coefficient (Wildman–Crippen LogP) is 2.58. The number of amides is 1. The molecule has 1 aliphatic rings. The van der Waals surface area contributed by atoms with Crippen molar-refractivity contribution in [2.24, 2.45) is 0 Å². The SMILES string of the molecule is CN(C1CCN(C(=O)c2cccn2-c2cccc(I)c2)CC1)S(C)(=O)=O. The lowest BCUT2D eigenvalue weighted by Crippen LogP contribution is -2.47. The average molecular weight is 487 g/mol. The van der Waals surface area contributed by atoms with Crippen molar-refractivity contribution in [3.63, 3.8) is 0 Å². The van der Waals surface area contributed by atoms with Crippen molar-refractivity contribution in [2.45, 2.75) is 18.9 Å². The van der Waals surface area contributed by atoms with Crippen molar-refractivity contribution in [1.82, 2.24) is 13.8 Å². The Hall–Kier alpha value is -1.39. The number of nitrogens with zero attached hydrogens (tertiary/aromatic N) is 3. The van der Waals surface area contributed by atoms with Crippen LogP contribution in [0.5, 0.6) is 0 Å². The maximum Gasteiger partial charge on any atom is 0.270 e. The smallest absolute Gasteiger partial charge is 0.270 e. The van der Waals surface area contributed by atoms with Crippen LogP contribution in [0.3, 0.4) is 0 Å². The molecule has 0 N–H and O–H groups in total. The molecule has 3 rings (SSSR count). The van der Waals surface area contributed by atoms with Crippen LogP contribution >= 0.6 is 22.6 Å². The van der Waals surface area contributed by atoms with Crippen molar-refractivity contribution < 1.29 is 13.2 Å². The van der Waals surface area contributed by atoms with Gasteiger partial charge in [0.15, 0.2) is 0 Å². The molecule has 0 aliphatic carbocycles. The Labute approximate surface area is 168 Å². The Balaban J connectivity index is 1.74. The van der Waals surface area contributed by atoms with Crippen LogP contribution in [0.4, 0.5) is 0 Å². The van der Waals surface area contributed by atoms with Crippen LogP contribution in [0.2, 0.25) is 0 Å². The number of likely N-dealkylation sites (tertiary alicyclic amines) is 1. The van der Waals surface area contributed by atoms with Gasteiger partial charge >= 0.3 is 0 Å². The molecule has 1 fully saturated rings. The third kappa shape index (κ3) is 4.12. The van der Waals surface area contributed by atoms with E-state index in [2.05, 4.69) is 22.6 Å². The highest BCUT2D eigenvalue weighted by atomic mass is 127. The lowest BCUT2D eigenvalue weighted by Gasteiger charge is -2.35. The summed E-state index contributed by atoms with van der Waals surface area (Å²) in [4.78, 5) is 14.8. The second kappa shape index (κ2) is 7.69. The molecule has 0 radical (unpaired) electrons. The Bertz CT molecular complexity index is 902. The Morgan fingerprint density at radius 1 is 1.19 bits per heavy atom. The minimum absolute atomic E-state index is 0.0191. The molecular formula is C18H22IN3O3S. The van der Waals surface area contributed by atoms with Gasteiger partial charge in [-0.1, -0.05) is 6.07 Å². The molecule has 1 aromatic carbocycles. The summed E-state index contributed by atoms with van der Waals surface area (Å²) < 4.78 is 27.8.